The average Bonchev–Trinajstić information content (AvgIpc) is 2.44. The zero-order valence-electron chi connectivity index (χ0n) is 7.01. The Balaban J connectivity index is 1.99. The summed E-state index contributed by atoms with van der Waals surface area (Å²) < 4.78 is 0.883. The van der Waals surface area contributed by atoms with Crippen LogP contribution in [0, 0.1) is 5.92 Å². The van der Waals surface area contributed by atoms with Crippen LogP contribution < -0.4 is 5.32 Å². The minimum Gasteiger partial charge on any atom is -0.380 e. The summed E-state index contributed by atoms with van der Waals surface area (Å²) in [5, 5.41) is 5.48. The van der Waals surface area contributed by atoms with Crippen molar-refractivity contribution in [1.29, 1.82) is 0 Å². The molecule has 3 heteroatoms. The lowest BCUT2D eigenvalue weighted by atomic mass is 9.81. The van der Waals surface area contributed by atoms with Gasteiger partial charge in [0.1, 0.15) is 4.34 Å². The van der Waals surface area contributed by atoms with Gasteiger partial charge in [0.15, 0.2) is 0 Å². The van der Waals surface area contributed by atoms with Crippen LogP contribution in [-0.4, -0.2) is 6.04 Å². The Morgan fingerprint density at radius 1 is 1.58 bits per heavy atom. The molecule has 0 bridgehead atoms. The summed E-state index contributed by atoms with van der Waals surface area (Å²) in [5.41, 5.74) is 1.11. The van der Waals surface area contributed by atoms with Crippen molar-refractivity contribution in [1.82, 2.24) is 0 Å². The summed E-state index contributed by atoms with van der Waals surface area (Å²) in [4.78, 5) is 0. The van der Waals surface area contributed by atoms with Crippen molar-refractivity contribution >= 4 is 28.6 Å². The van der Waals surface area contributed by atoms with E-state index in [1.807, 2.05) is 5.38 Å². The minimum absolute atomic E-state index is 0.650. The Bertz CT molecular complexity index is 271. The van der Waals surface area contributed by atoms with E-state index in [-0.39, 0.29) is 0 Å². The molecule has 1 aromatic rings. The van der Waals surface area contributed by atoms with Gasteiger partial charge in [-0.05, 0) is 30.2 Å². The maximum absolute atomic E-state index is 5.97. The molecule has 1 saturated carbocycles. The van der Waals surface area contributed by atoms with E-state index in [0.29, 0.717) is 6.04 Å². The fourth-order valence-corrected chi connectivity index (χ4v) is 2.33. The Labute approximate surface area is 81.7 Å². The fourth-order valence-electron chi connectivity index (χ4n) is 1.48. The second-order valence-electron chi connectivity index (χ2n) is 3.41. The van der Waals surface area contributed by atoms with Gasteiger partial charge in [0, 0.05) is 6.04 Å². The molecule has 66 valence electrons. The van der Waals surface area contributed by atoms with E-state index >= 15 is 0 Å². The van der Waals surface area contributed by atoms with Crippen molar-refractivity contribution in [3.63, 3.8) is 0 Å². The van der Waals surface area contributed by atoms with E-state index in [9.17, 15) is 0 Å². The van der Waals surface area contributed by atoms with Crippen LogP contribution in [0.25, 0.3) is 0 Å². The molecule has 2 rings (SSSR count). The number of halogens is 1. The third-order valence-electron chi connectivity index (χ3n) is 2.58. The van der Waals surface area contributed by atoms with Crippen molar-refractivity contribution in [2.24, 2.45) is 5.92 Å². The van der Waals surface area contributed by atoms with E-state index in [0.717, 1.165) is 15.9 Å². The first-order chi connectivity index (χ1) is 5.77. The zero-order valence-corrected chi connectivity index (χ0v) is 8.58. The molecule has 1 fully saturated rings. The first-order valence-corrected chi connectivity index (χ1v) is 5.52. The van der Waals surface area contributed by atoms with E-state index in [4.69, 9.17) is 11.6 Å². The molecular formula is C9H12ClNS. The van der Waals surface area contributed by atoms with Gasteiger partial charge in [-0.15, -0.1) is 11.3 Å². The summed E-state index contributed by atoms with van der Waals surface area (Å²) in [5.74, 6) is 0.806. The molecule has 0 radical (unpaired) electrons. The molecule has 2 unspecified atom stereocenters. The van der Waals surface area contributed by atoms with E-state index in [2.05, 4.69) is 18.3 Å². The highest BCUT2D eigenvalue weighted by Crippen LogP contribution is 2.34. The summed E-state index contributed by atoms with van der Waals surface area (Å²) in [6.07, 6.45) is 2.63. The van der Waals surface area contributed by atoms with Crippen LogP contribution in [0.5, 0.6) is 0 Å². The predicted octanol–water partition coefficient (Wildman–Crippen LogP) is 3.61. The Kier molecular flexibility index (Phi) is 2.28. The molecule has 0 aromatic carbocycles. The van der Waals surface area contributed by atoms with Gasteiger partial charge in [0.2, 0.25) is 0 Å². The SMILES string of the molecule is CC1CCC1Nc1ccsc1Cl. The van der Waals surface area contributed by atoms with Crippen LogP contribution in [0.2, 0.25) is 4.34 Å². The predicted molar refractivity (Wildman–Crippen MR) is 55.1 cm³/mol. The first kappa shape index (κ1) is 8.39. The number of anilines is 1. The lowest BCUT2D eigenvalue weighted by Gasteiger charge is -2.35. The summed E-state index contributed by atoms with van der Waals surface area (Å²) in [6.45, 7) is 2.28. The van der Waals surface area contributed by atoms with E-state index < -0.39 is 0 Å². The monoisotopic (exact) mass is 201 g/mol. The summed E-state index contributed by atoms with van der Waals surface area (Å²) >= 11 is 7.55. The highest BCUT2D eigenvalue weighted by atomic mass is 35.5. The maximum atomic E-state index is 5.97. The van der Waals surface area contributed by atoms with Gasteiger partial charge in [0.25, 0.3) is 0 Å². The third-order valence-corrected chi connectivity index (χ3v) is 3.75. The van der Waals surface area contributed by atoms with Crippen LogP contribution >= 0.6 is 22.9 Å². The van der Waals surface area contributed by atoms with Gasteiger partial charge in [-0.25, -0.2) is 0 Å². The van der Waals surface area contributed by atoms with Crippen LogP contribution in [0.1, 0.15) is 19.8 Å². The number of hydrogen-bond acceptors (Lipinski definition) is 2. The molecule has 1 aromatic heterocycles. The van der Waals surface area contributed by atoms with Crippen molar-refractivity contribution in [3.05, 3.63) is 15.8 Å². The molecule has 0 spiro atoms. The quantitative estimate of drug-likeness (QED) is 0.771. The fraction of sp³-hybridized carbons (Fsp3) is 0.556. The molecule has 1 N–H and O–H groups in total. The average molecular weight is 202 g/mol. The maximum Gasteiger partial charge on any atom is 0.116 e. The van der Waals surface area contributed by atoms with Gasteiger partial charge in [-0.1, -0.05) is 18.5 Å². The van der Waals surface area contributed by atoms with Crippen molar-refractivity contribution in [2.45, 2.75) is 25.8 Å². The number of thiophene rings is 1. The lowest BCUT2D eigenvalue weighted by molar-refractivity contribution is 0.303. The molecule has 2 atom stereocenters. The van der Waals surface area contributed by atoms with Gasteiger partial charge in [0.05, 0.1) is 5.69 Å². The van der Waals surface area contributed by atoms with Gasteiger partial charge >= 0.3 is 0 Å². The van der Waals surface area contributed by atoms with E-state index in [1.54, 1.807) is 11.3 Å². The highest BCUT2D eigenvalue weighted by Gasteiger charge is 2.26. The highest BCUT2D eigenvalue weighted by molar-refractivity contribution is 7.15. The standard InChI is InChI=1S/C9H12ClNS/c1-6-2-3-7(6)11-8-4-5-12-9(8)10/h4-7,11H,2-3H2,1H3. The number of hydrogen-bond donors (Lipinski definition) is 1. The smallest absolute Gasteiger partial charge is 0.116 e. The second kappa shape index (κ2) is 3.27. The largest absolute Gasteiger partial charge is 0.380 e. The topological polar surface area (TPSA) is 12.0 Å². The van der Waals surface area contributed by atoms with Crippen LogP contribution in [0.4, 0.5) is 5.69 Å². The molecule has 1 nitrogen and oxygen atoms in total. The van der Waals surface area contributed by atoms with Crippen LogP contribution in [-0.2, 0) is 0 Å². The van der Waals surface area contributed by atoms with Crippen molar-refractivity contribution in [2.75, 3.05) is 5.32 Å². The first-order valence-electron chi connectivity index (χ1n) is 4.27. The third kappa shape index (κ3) is 1.46. The molecule has 1 aliphatic carbocycles. The second-order valence-corrected chi connectivity index (χ2v) is 4.93. The van der Waals surface area contributed by atoms with Gasteiger partial charge < -0.3 is 5.32 Å². The normalized spacial score (nSPS) is 28.2. The summed E-state index contributed by atoms with van der Waals surface area (Å²) in [6, 6.07) is 2.70. The van der Waals surface area contributed by atoms with E-state index in [1.165, 1.54) is 12.8 Å². The Morgan fingerprint density at radius 3 is 2.83 bits per heavy atom. The van der Waals surface area contributed by atoms with Gasteiger partial charge in [-0.3, -0.25) is 0 Å². The zero-order chi connectivity index (χ0) is 8.55. The molecule has 12 heavy (non-hydrogen) atoms. The van der Waals surface area contributed by atoms with Crippen LogP contribution in [0.3, 0.4) is 0 Å². The van der Waals surface area contributed by atoms with Crippen molar-refractivity contribution < 1.29 is 0 Å². The summed E-state index contributed by atoms with van der Waals surface area (Å²) in [7, 11) is 0. The lowest BCUT2D eigenvalue weighted by Crippen LogP contribution is -2.36. The van der Waals surface area contributed by atoms with Crippen molar-refractivity contribution in [3.8, 4) is 0 Å². The number of nitrogens with one attached hydrogen (secondary N) is 1. The number of rotatable bonds is 2. The molecule has 0 saturated heterocycles. The molecule has 0 aliphatic heterocycles. The molecular weight excluding hydrogens is 190 g/mol. The van der Waals surface area contributed by atoms with Crippen LogP contribution in [0.15, 0.2) is 11.4 Å². The molecule has 0 amide bonds. The Hall–Kier alpha value is -0.210. The Morgan fingerprint density at radius 2 is 2.42 bits per heavy atom. The minimum atomic E-state index is 0.650. The molecule has 1 aliphatic rings. The molecule has 1 heterocycles. The van der Waals surface area contributed by atoms with Gasteiger partial charge in [-0.2, -0.15) is 0 Å².